The number of aryl methyl sites for hydroxylation is 3. The lowest BCUT2D eigenvalue weighted by Crippen LogP contribution is -2.38. The number of hydrogen-bond acceptors (Lipinski definition) is 3. The molecule has 2 N–H and O–H groups in total. The van der Waals surface area contributed by atoms with Gasteiger partial charge in [-0.25, -0.2) is 4.79 Å². The van der Waals surface area contributed by atoms with E-state index in [1.807, 2.05) is 17.0 Å². The van der Waals surface area contributed by atoms with Crippen molar-refractivity contribution in [3.8, 4) is 0 Å². The van der Waals surface area contributed by atoms with Gasteiger partial charge in [-0.2, -0.15) is 5.10 Å². The van der Waals surface area contributed by atoms with Crippen molar-refractivity contribution >= 4 is 17.4 Å². The lowest BCUT2D eigenvalue weighted by molar-refractivity contribution is 0.238. The molecule has 0 radical (unpaired) electrons. The number of carbonyl (C=O) groups is 1. The molecule has 0 aliphatic carbocycles. The zero-order valence-electron chi connectivity index (χ0n) is 13.6. The number of nitrogens with one attached hydrogen (secondary N) is 2. The molecule has 22 heavy (non-hydrogen) atoms. The van der Waals surface area contributed by atoms with Gasteiger partial charge in [0.1, 0.15) is 0 Å². The van der Waals surface area contributed by atoms with Crippen LogP contribution in [0.5, 0.6) is 0 Å². The minimum absolute atomic E-state index is 0.118. The van der Waals surface area contributed by atoms with Gasteiger partial charge in [0, 0.05) is 23.7 Å². The molecule has 120 valence electrons. The number of urea groups is 1. The fraction of sp³-hybridized carbons (Fsp3) is 0.500. The molecule has 0 aromatic carbocycles. The number of carbonyl (C=O) groups excluding carboxylic acids is 1. The van der Waals surface area contributed by atoms with Crippen LogP contribution >= 0.6 is 11.3 Å². The molecule has 0 saturated heterocycles. The van der Waals surface area contributed by atoms with Crippen LogP contribution in [-0.2, 0) is 13.1 Å². The Bertz CT molecular complexity index is 632. The summed E-state index contributed by atoms with van der Waals surface area (Å²) in [6.45, 7) is 10.2. The number of thiophene rings is 1. The van der Waals surface area contributed by atoms with Gasteiger partial charge in [0.05, 0.1) is 12.2 Å². The molecule has 2 rings (SSSR count). The highest BCUT2D eigenvalue weighted by Gasteiger charge is 2.09. The van der Waals surface area contributed by atoms with Crippen molar-refractivity contribution < 1.29 is 4.79 Å². The Hall–Kier alpha value is -1.82. The Morgan fingerprint density at radius 1 is 1.36 bits per heavy atom. The van der Waals surface area contributed by atoms with Gasteiger partial charge in [-0.15, -0.1) is 11.3 Å². The molecule has 0 bridgehead atoms. The quantitative estimate of drug-likeness (QED) is 0.859. The van der Waals surface area contributed by atoms with Gasteiger partial charge in [0.15, 0.2) is 0 Å². The Morgan fingerprint density at radius 3 is 2.73 bits per heavy atom. The number of hydrogen-bond donors (Lipinski definition) is 2. The molecule has 2 amide bonds. The average Bonchev–Trinajstić information content (AvgIpc) is 3.00. The van der Waals surface area contributed by atoms with Crippen LogP contribution in [0.2, 0.25) is 0 Å². The van der Waals surface area contributed by atoms with Crippen molar-refractivity contribution in [2.45, 2.75) is 40.8 Å². The summed E-state index contributed by atoms with van der Waals surface area (Å²) in [6.07, 6.45) is 0. The smallest absolute Gasteiger partial charge is 0.315 e. The number of aromatic nitrogens is 2. The average molecular weight is 320 g/mol. The molecule has 1 unspecified atom stereocenters. The fourth-order valence-electron chi connectivity index (χ4n) is 2.29. The molecule has 1 atom stereocenters. The standard InChI is InChI=1S/C16H24N4OS/c1-11(10-20-14(4)7-13(3)19-20)8-17-16(21)18-9-15-12(2)5-6-22-15/h5-7,11H,8-10H2,1-4H3,(H2,17,18,21). The Morgan fingerprint density at radius 2 is 2.14 bits per heavy atom. The van der Waals surface area contributed by atoms with E-state index in [1.54, 1.807) is 11.3 Å². The zero-order valence-corrected chi connectivity index (χ0v) is 14.5. The van der Waals surface area contributed by atoms with Crippen molar-refractivity contribution in [3.05, 3.63) is 39.3 Å². The molecule has 2 aromatic rings. The van der Waals surface area contributed by atoms with E-state index in [1.165, 1.54) is 10.4 Å². The van der Waals surface area contributed by atoms with E-state index in [-0.39, 0.29) is 6.03 Å². The molecule has 0 fully saturated rings. The summed E-state index contributed by atoms with van der Waals surface area (Å²) in [6, 6.07) is 4.01. The van der Waals surface area contributed by atoms with E-state index in [0.717, 1.165) is 17.9 Å². The van der Waals surface area contributed by atoms with E-state index in [2.05, 4.69) is 48.6 Å². The first kappa shape index (κ1) is 16.5. The summed E-state index contributed by atoms with van der Waals surface area (Å²) < 4.78 is 1.99. The van der Waals surface area contributed by atoms with Crippen molar-refractivity contribution in [2.24, 2.45) is 5.92 Å². The molecule has 5 nitrogen and oxygen atoms in total. The first-order chi connectivity index (χ1) is 10.5. The van der Waals surface area contributed by atoms with Crippen molar-refractivity contribution in [1.29, 1.82) is 0 Å². The summed E-state index contributed by atoms with van der Waals surface area (Å²) in [4.78, 5) is 13.0. The van der Waals surface area contributed by atoms with Crippen molar-refractivity contribution in [1.82, 2.24) is 20.4 Å². The maximum atomic E-state index is 11.8. The summed E-state index contributed by atoms with van der Waals surface area (Å²) >= 11 is 1.67. The summed E-state index contributed by atoms with van der Waals surface area (Å²) in [5, 5.41) is 12.3. The van der Waals surface area contributed by atoms with Gasteiger partial charge >= 0.3 is 6.03 Å². The fourth-order valence-corrected chi connectivity index (χ4v) is 3.14. The van der Waals surface area contributed by atoms with Crippen molar-refractivity contribution in [3.63, 3.8) is 0 Å². The predicted molar refractivity (Wildman–Crippen MR) is 90.2 cm³/mol. The monoisotopic (exact) mass is 320 g/mol. The van der Waals surface area contributed by atoms with Gasteiger partial charge in [-0.05, 0) is 49.8 Å². The Balaban J connectivity index is 1.71. The van der Waals surface area contributed by atoms with Crippen LogP contribution in [0.3, 0.4) is 0 Å². The predicted octanol–water partition coefficient (Wildman–Crippen LogP) is 3.01. The number of nitrogens with zero attached hydrogens (tertiary/aromatic N) is 2. The van der Waals surface area contributed by atoms with Crippen LogP contribution in [-0.4, -0.2) is 22.4 Å². The van der Waals surface area contributed by atoms with Crippen LogP contribution in [0, 0.1) is 26.7 Å². The molecule has 0 aliphatic rings. The third-order valence-electron chi connectivity index (χ3n) is 3.58. The van der Waals surface area contributed by atoms with Gasteiger partial charge in [0.2, 0.25) is 0 Å². The van der Waals surface area contributed by atoms with E-state index in [9.17, 15) is 4.79 Å². The highest BCUT2D eigenvalue weighted by Crippen LogP contribution is 2.14. The van der Waals surface area contributed by atoms with Gasteiger partial charge in [-0.1, -0.05) is 6.92 Å². The SMILES string of the molecule is Cc1cc(C)n(CC(C)CNC(=O)NCc2sccc2C)n1. The summed E-state index contributed by atoms with van der Waals surface area (Å²) in [5.41, 5.74) is 3.41. The van der Waals surface area contributed by atoms with Gasteiger partial charge < -0.3 is 10.6 Å². The first-order valence-electron chi connectivity index (χ1n) is 7.51. The third-order valence-corrected chi connectivity index (χ3v) is 4.60. The molecule has 2 aromatic heterocycles. The Labute approximate surface area is 135 Å². The van der Waals surface area contributed by atoms with Crippen LogP contribution in [0.1, 0.15) is 28.8 Å². The largest absolute Gasteiger partial charge is 0.338 e. The molecule has 2 heterocycles. The number of rotatable bonds is 6. The lowest BCUT2D eigenvalue weighted by Gasteiger charge is -2.14. The second-order valence-corrected chi connectivity index (χ2v) is 6.81. The highest BCUT2D eigenvalue weighted by atomic mass is 32.1. The molecule has 0 aliphatic heterocycles. The zero-order chi connectivity index (χ0) is 16.1. The van der Waals surface area contributed by atoms with E-state index < -0.39 is 0 Å². The maximum absolute atomic E-state index is 11.8. The summed E-state index contributed by atoms with van der Waals surface area (Å²) in [5.74, 6) is 0.326. The molecule has 6 heteroatoms. The molecular formula is C16H24N4OS. The van der Waals surface area contributed by atoms with Crippen LogP contribution in [0.15, 0.2) is 17.5 Å². The van der Waals surface area contributed by atoms with E-state index >= 15 is 0 Å². The maximum Gasteiger partial charge on any atom is 0.315 e. The first-order valence-corrected chi connectivity index (χ1v) is 8.39. The Kier molecular flexibility index (Phi) is 5.60. The normalized spacial score (nSPS) is 12.2. The topological polar surface area (TPSA) is 59.0 Å². The van der Waals surface area contributed by atoms with Crippen LogP contribution in [0.4, 0.5) is 4.79 Å². The third kappa shape index (κ3) is 4.59. The minimum Gasteiger partial charge on any atom is -0.338 e. The lowest BCUT2D eigenvalue weighted by atomic mass is 10.2. The van der Waals surface area contributed by atoms with Gasteiger partial charge in [-0.3, -0.25) is 4.68 Å². The minimum atomic E-state index is -0.118. The highest BCUT2D eigenvalue weighted by molar-refractivity contribution is 7.10. The van der Waals surface area contributed by atoms with Gasteiger partial charge in [0.25, 0.3) is 0 Å². The van der Waals surface area contributed by atoms with Crippen molar-refractivity contribution in [2.75, 3.05) is 6.54 Å². The molecule has 0 spiro atoms. The second-order valence-electron chi connectivity index (χ2n) is 5.80. The molecule has 0 saturated carbocycles. The second kappa shape index (κ2) is 7.45. The van der Waals surface area contributed by atoms with E-state index in [0.29, 0.717) is 19.0 Å². The number of amides is 2. The molecular weight excluding hydrogens is 296 g/mol. The van der Waals surface area contributed by atoms with E-state index in [4.69, 9.17) is 0 Å². The van der Waals surface area contributed by atoms with Crippen LogP contribution < -0.4 is 10.6 Å². The van der Waals surface area contributed by atoms with Crippen LogP contribution in [0.25, 0.3) is 0 Å². The summed E-state index contributed by atoms with van der Waals surface area (Å²) in [7, 11) is 0.